The molecule has 1 aromatic carbocycles. The van der Waals surface area contributed by atoms with E-state index in [1.807, 2.05) is 26.0 Å². The average Bonchev–Trinajstić information content (AvgIpc) is 2.10. The zero-order valence-corrected chi connectivity index (χ0v) is 9.43. The Morgan fingerprint density at radius 2 is 2.00 bits per heavy atom. The number of rotatable bonds is 2. The van der Waals surface area contributed by atoms with Gasteiger partial charge in [-0.05, 0) is 36.6 Å². The van der Waals surface area contributed by atoms with Crippen LogP contribution in [0.1, 0.15) is 22.7 Å². The summed E-state index contributed by atoms with van der Waals surface area (Å²) in [6.45, 7) is 3.99. The van der Waals surface area contributed by atoms with Crippen molar-refractivity contribution in [2.75, 3.05) is 6.61 Å². The van der Waals surface area contributed by atoms with Crippen LogP contribution in [0.15, 0.2) is 16.6 Å². The van der Waals surface area contributed by atoms with Crippen molar-refractivity contribution in [3.63, 3.8) is 0 Å². The first-order chi connectivity index (χ1) is 6.06. The van der Waals surface area contributed by atoms with Gasteiger partial charge in [-0.15, -0.1) is 0 Å². The summed E-state index contributed by atoms with van der Waals surface area (Å²) in [6.07, 6.45) is 0. The molecule has 0 spiro atoms. The summed E-state index contributed by atoms with van der Waals surface area (Å²) in [4.78, 5) is 0. The van der Waals surface area contributed by atoms with Gasteiger partial charge in [0.25, 0.3) is 0 Å². The highest BCUT2D eigenvalue weighted by Gasteiger charge is 2.09. The smallest absolute Gasteiger partial charge is 0.0624 e. The molecule has 0 aliphatic carbocycles. The van der Waals surface area contributed by atoms with E-state index in [4.69, 9.17) is 10.8 Å². The summed E-state index contributed by atoms with van der Waals surface area (Å²) < 4.78 is 1.08. The zero-order valence-electron chi connectivity index (χ0n) is 7.84. The van der Waals surface area contributed by atoms with E-state index < -0.39 is 0 Å². The first kappa shape index (κ1) is 10.7. The van der Waals surface area contributed by atoms with Gasteiger partial charge in [0.1, 0.15) is 0 Å². The van der Waals surface area contributed by atoms with Crippen molar-refractivity contribution in [3.05, 3.63) is 33.3 Å². The lowest BCUT2D eigenvalue weighted by molar-refractivity contribution is 0.267. The van der Waals surface area contributed by atoms with Crippen LogP contribution in [0.3, 0.4) is 0 Å². The molecule has 2 nitrogen and oxygen atoms in total. The van der Waals surface area contributed by atoms with Gasteiger partial charge in [0.05, 0.1) is 12.6 Å². The molecule has 1 atom stereocenters. The molecule has 13 heavy (non-hydrogen) atoms. The molecule has 1 unspecified atom stereocenters. The van der Waals surface area contributed by atoms with Gasteiger partial charge in [-0.25, -0.2) is 0 Å². The van der Waals surface area contributed by atoms with E-state index in [0.717, 1.165) is 21.2 Å². The maximum Gasteiger partial charge on any atom is 0.0624 e. The minimum atomic E-state index is -0.271. The lowest BCUT2D eigenvalue weighted by Crippen LogP contribution is -2.15. The van der Waals surface area contributed by atoms with Crippen molar-refractivity contribution in [1.29, 1.82) is 0 Å². The molecule has 0 bridgehead atoms. The molecule has 1 rings (SSSR count). The topological polar surface area (TPSA) is 46.2 Å². The molecule has 0 aromatic heterocycles. The molecule has 0 saturated heterocycles. The quantitative estimate of drug-likeness (QED) is 0.836. The van der Waals surface area contributed by atoms with E-state index in [-0.39, 0.29) is 12.6 Å². The van der Waals surface area contributed by atoms with Crippen molar-refractivity contribution in [1.82, 2.24) is 0 Å². The van der Waals surface area contributed by atoms with Gasteiger partial charge < -0.3 is 10.8 Å². The van der Waals surface area contributed by atoms with Crippen molar-refractivity contribution in [2.45, 2.75) is 19.9 Å². The molecule has 3 N–H and O–H groups in total. The molecule has 0 amide bonds. The Hall–Kier alpha value is -0.380. The van der Waals surface area contributed by atoms with Crippen LogP contribution < -0.4 is 5.73 Å². The van der Waals surface area contributed by atoms with Gasteiger partial charge in [-0.1, -0.05) is 22.0 Å². The van der Waals surface area contributed by atoms with Crippen molar-refractivity contribution < 1.29 is 5.11 Å². The number of nitrogens with two attached hydrogens (primary N) is 1. The van der Waals surface area contributed by atoms with E-state index in [2.05, 4.69) is 15.9 Å². The van der Waals surface area contributed by atoms with Gasteiger partial charge in [0, 0.05) is 4.47 Å². The van der Waals surface area contributed by atoms with Gasteiger partial charge in [-0.3, -0.25) is 0 Å². The third-order valence-electron chi connectivity index (χ3n) is 2.14. The van der Waals surface area contributed by atoms with Crippen molar-refractivity contribution in [3.8, 4) is 0 Å². The summed E-state index contributed by atoms with van der Waals surface area (Å²) in [5, 5.41) is 8.94. The van der Waals surface area contributed by atoms with Crippen LogP contribution in [0.5, 0.6) is 0 Å². The highest BCUT2D eigenvalue weighted by Crippen LogP contribution is 2.24. The number of aliphatic hydroxyl groups excluding tert-OH is 1. The fourth-order valence-corrected chi connectivity index (χ4v) is 1.76. The Labute approximate surface area is 86.9 Å². The molecule has 0 radical (unpaired) electrons. The Kier molecular flexibility index (Phi) is 3.47. The summed E-state index contributed by atoms with van der Waals surface area (Å²) in [7, 11) is 0. The van der Waals surface area contributed by atoms with Crippen LogP contribution in [0.2, 0.25) is 0 Å². The maximum absolute atomic E-state index is 8.94. The fourth-order valence-electron chi connectivity index (χ4n) is 1.30. The van der Waals surface area contributed by atoms with Gasteiger partial charge in [-0.2, -0.15) is 0 Å². The van der Waals surface area contributed by atoms with E-state index in [0.29, 0.717) is 0 Å². The Bertz CT molecular complexity index is 312. The molecular formula is C10H14BrNO. The lowest BCUT2D eigenvalue weighted by Gasteiger charge is -2.13. The Morgan fingerprint density at radius 3 is 2.54 bits per heavy atom. The highest BCUT2D eigenvalue weighted by molar-refractivity contribution is 9.10. The SMILES string of the molecule is Cc1cc(C(N)CO)c(C)cc1Br. The number of hydrogen-bond donors (Lipinski definition) is 2. The van der Waals surface area contributed by atoms with Crippen LogP contribution in [-0.2, 0) is 0 Å². The maximum atomic E-state index is 8.94. The molecular weight excluding hydrogens is 230 g/mol. The van der Waals surface area contributed by atoms with Crippen molar-refractivity contribution in [2.24, 2.45) is 5.73 Å². The largest absolute Gasteiger partial charge is 0.394 e. The fraction of sp³-hybridized carbons (Fsp3) is 0.400. The molecule has 72 valence electrons. The van der Waals surface area contributed by atoms with Crippen LogP contribution in [0, 0.1) is 13.8 Å². The lowest BCUT2D eigenvalue weighted by atomic mass is 10.00. The second-order valence-corrected chi connectivity index (χ2v) is 4.10. The summed E-state index contributed by atoms with van der Waals surface area (Å²) >= 11 is 3.45. The van der Waals surface area contributed by atoms with Gasteiger partial charge >= 0.3 is 0 Å². The second kappa shape index (κ2) is 4.22. The van der Waals surface area contributed by atoms with Crippen molar-refractivity contribution >= 4 is 15.9 Å². The first-order valence-electron chi connectivity index (χ1n) is 4.19. The molecule has 0 fully saturated rings. The van der Waals surface area contributed by atoms with Crippen LogP contribution >= 0.6 is 15.9 Å². The zero-order chi connectivity index (χ0) is 10.0. The Balaban J connectivity index is 3.15. The van der Waals surface area contributed by atoms with E-state index in [1.165, 1.54) is 0 Å². The molecule has 0 aliphatic rings. The minimum absolute atomic E-state index is 0.0120. The average molecular weight is 244 g/mol. The third-order valence-corrected chi connectivity index (χ3v) is 3.00. The van der Waals surface area contributed by atoms with Gasteiger partial charge in [0.2, 0.25) is 0 Å². The van der Waals surface area contributed by atoms with E-state index in [9.17, 15) is 0 Å². The predicted octanol–water partition coefficient (Wildman–Crippen LogP) is 2.06. The normalized spacial score (nSPS) is 13.0. The number of benzene rings is 1. The summed E-state index contributed by atoms with van der Waals surface area (Å²) in [5.74, 6) is 0. The minimum Gasteiger partial charge on any atom is -0.394 e. The monoisotopic (exact) mass is 243 g/mol. The molecule has 0 heterocycles. The Morgan fingerprint density at radius 1 is 1.38 bits per heavy atom. The molecule has 3 heteroatoms. The predicted molar refractivity (Wildman–Crippen MR) is 57.6 cm³/mol. The standard InChI is InChI=1S/C10H14BrNO/c1-6-4-9(11)7(2)3-8(6)10(12)5-13/h3-4,10,13H,5,12H2,1-2H3. The summed E-state index contributed by atoms with van der Waals surface area (Å²) in [6, 6.07) is 3.77. The van der Waals surface area contributed by atoms with Crippen LogP contribution in [-0.4, -0.2) is 11.7 Å². The van der Waals surface area contributed by atoms with Crippen LogP contribution in [0.25, 0.3) is 0 Å². The molecule has 0 saturated carbocycles. The number of hydrogen-bond acceptors (Lipinski definition) is 2. The summed E-state index contributed by atoms with van der Waals surface area (Å²) in [5.41, 5.74) is 9.02. The third kappa shape index (κ3) is 2.30. The number of aliphatic hydroxyl groups is 1. The number of halogens is 1. The molecule has 0 aliphatic heterocycles. The highest BCUT2D eigenvalue weighted by atomic mass is 79.9. The van der Waals surface area contributed by atoms with E-state index in [1.54, 1.807) is 0 Å². The van der Waals surface area contributed by atoms with Crippen LogP contribution in [0.4, 0.5) is 0 Å². The second-order valence-electron chi connectivity index (χ2n) is 3.25. The van der Waals surface area contributed by atoms with E-state index >= 15 is 0 Å². The van der Waals surface area contributed by atoms with Gasteiger partial charge in [0.15, 0.2) is 0 Å². The first-order valence-corrected chi connectivity index (χ1v) is 4.98. The number of aryl methyl sites for hydroxylation is 2. The molecule has 1 aromatic rings.